The molecule has 0 aliphatic carbocycles. The third-order valence-electron chi connectivity index (χ3n) is 5.20. The van der Waals surface area contributed by atoms with Crippen LogP contribution in [-0.2, 0) is 26.2 Å². The van der Waals surface area contributed by atoms with Gasteiger partial charge in [-0.1, -0.05) is 54.4 Å². The number of rotatable bonds is 10. The molecule has 0 fully saturated rings. The molecule has 180 valence electrons. The molecule has 33 heavy (non-hydrogen) atoms. The second-order valence-electron chi connectivity index (χ2n) is 8.27. The maximum absolute atomic E-state index is 13.4. The topological polar surface area (TPSA) is 86.8 Å². The molecule has 0 unspecified atom stereocenters. The predicted molar refractivity (Wildman–Crippen MR) is 130 cm³/mol. The van der Waals surface area contributed by atoms with Crippen LogP contribution in [0.1, 0.15) is 38.3 Å². The number of carbonyl (C=O) groups is 2. The highest BCUT2D eigenvalue weighted by molar-refractivity contribution is 7.89. The molecule has 2 amide bonds. The predicted octanol–water partition coefficient (Wildman–Crippen LogP) is 3.60. The molecule has 0 aliphatic heterocycles. The molecule has 1 atom stereocenters. The van der Waals surface area contributed by atoms with Crippen molar-refractivity contribution in [3.05, 3.63) is 64.7 Å². The van der Waals surface area contributed by atoms with Gasteiger partial charge in [0, 0.05) is 24.7 Å². The molecule has 9 heteroatoms. The van der Waals surface area contributed by atoms with Crippen molar-refractivity contribution in [1.29, 1.82) is 0 Å². The average molecular weight is 494 g/mol. The van der Waals surface area contributed by atoms with Gasteiger partial charge in [-0.05, 0) is 51.0 Å². The normalized spacial score (nSPS) is 12.6. The van der Waals surface area contributed by atoms with Gasteiger partial charge in [-0.25, -0.2) is 8.42 Å². The number of aryl methyl sites for hydroxylation is 1. The Morgan fingerprint density at radius 2 is 1.67 bits per heavy atom. The zero-order chi connectivity index (χ0) is 24.8. The molecule has 0 bridgehead atoms. The minimum atomic E-state index is -3.88. The van der Waals surface area contributed by atoms with Gasteiger partial charge in [0.2, 0.25) is 21.8 Å². The number of nitrogens with one attached hydrogen (secondary N) is 1. The van der Waals surface area contributed by atoms with E-state index in [4.69, 9.17) is 11.6 Å². The zero-order valence-corrected chi connectivity index (χ0v) is 21.3. The Labute approximate surface area is 201 Å². The van der Waals surface area contributed by atoms with Crippen LogP contribution in [-0.4, -0.2) is 55.1 Å². The first-order chi connectivity index (χ1) is 15.5. The average Bonchev–Trinajstić information content (AvgIpc) is 2.74. The number of likely N-dealkylation sites (N-methyl/N-ethyl adjacent to an activating group) is 1. The van der Waals surface area contributed by atoms with E-state index in [2.05, 4.69) is 5.32 Å². The minimum absolute atomic E-state index is 0.0843. The van der Waals surface area contributed by atoms with Crippen molar-refractivity contribution >= 4 is 33.4 Å². The Bertz CT molecular complexity index is 1070. The van der Waals surface area contributed by atoms with Crippen LogP contribution < -0.4 is 5.32 Å². The van der Waals surface area contributed by atoms with Gasteiger partial charge in [-0.2, -0.15) is 4.31 Å². The molecular weight excluding hydrogens is 462 g/mol. The maximum Gasteiger partial charge on any atom is 0.243 e. The molecule has 2 aromatic rings. The number of hydrogen-bond donors (Lipinski definition) is 1. The number of carbonyl (C=O) groups excluding carboxylic acids is 2. The summed E-state index contributed by atoms with van der Waals surface area (Å²) in [6.45, 7) is 7.03. The highest BCUT2D eigenvalue weighted by atomic mass is 35.5. The smallest absolute Gasteiger partial charge is 0.243 e. The second-order valence-corrected chi connectivity index (χ2v) is 10.7. The van der Waals surface area contributed by atoms with Crippen molar-refractivity contribution in [2.75, 3.05) is 13.6 Å². The molecule has 2 aromatic carbocycles. The van der Waals surface area contributed by atoms with Crippen LogP contribution in [0, 0.1) is 6.92 Å². The number of amides is 2. The van der Waals surface area contributed by atoms with E-state index in [0.29, 0.717) is 17.0 Å². The lowest BCUT2D eigenvalue weighted by molar-refractivity contribution is -0.141. The van der Waals surface area contributed by atoms with Crippen molar-refractivity contribution in [2.45, 2.75) is 57.6 Å². The summed E-state index contributed by atoms with van der Waals surface area (Å²) in [5.41, 5.74) is 1.60. The number of nitrogens with zero attached hydrogens (tertiary/aromatic N) is 2. The van der Waals surface area contributed by atoms with Gasteiger partial charge in [0.15, 0.2) is 0 Å². The van der Waals surface area contributed by atoms with Gasteiger partial charge in [0.25, 0.3) is 0 Å². The summed E-state index contributed by atoms with van der Waals surface area (Å²) in [4.78, 5) is 27.8. The lowest BCUT2D eigenvalue weighted by Crippen LogP contribution is -2.52. The van der Waals surface area contributed by atoms with Crippen LogP contribution in [0.25, 0.3) is 0 Å². The van der Waals surface area contributed by atoms with Crippen LogP contribution in [0.4, 0.5) is 0 Å². The molecule has 1 N–H and O–H groups in total. The van der Waals surface area contributed by atoms with Gasteiger partial charge in [-0.15, -0.1) is 0 Å². The van der Waals surface area contributed by atoms with E-state index < -0.39 is 28.5 Å². The summed E-state index contributed by atoms with van der Waals surface area (Å²) in [5, 5.41) is 3.31. The summed E-state index contributed by atoms with van der Waals surface area (Å²) in [6.07, 6.45) is 0.364. The van der Waals surface area contributed by atoms with Gasteiger partial charge in [0.05, 0.1) is 11.4 Å². The van der Waals surface area contributed by atoms with Crippen LogP contribution in [0.5, 0.6) is 0 Å². The van der Waals surface area contributed by atoms with E-state index in [1.807, 2.05) is 27.7 Å². The Morgan fingerprint density at radius 3 is 2.21 bits per heavy atom. The van der Waals surface area contributed by atoms with Crippen LogP contribution >= 0.6 is 11.6 Å². The zero-order valence-electron chi connectivity index (χ0n) is 19.7. The Balaban J connectivity index is 2.34. The molecule has 0 spiro atoms. The van der Waals surface area contributed by atoms with Crippen molar-refractivity contribution in [1.82, 2.24) is 14.5 Å². The molecule has 0 aromatic heterocycles. The largest absolute Gasteiger partial charge is 0.352 e. The quantitative estimate of drug-likeness (QED) is 0.547. The lowest BCUT2D eigenvalue weighted by Gasteiger charge is -2.32. The van der Waals surface area contributed by atoms with Gasteiger partial charge in [0.1, 0.15) is 6.04 Å². The van der Waals surface area contributed by atoms with Gasteiger partial charge < -0.3 is 10.2 Å². The molecule has 7 nitrogen and oxygen atoms in total. The molecule has 0 heterocycles. The van der Waals surface area contributed by atoms with Crippen LogP contribution in [0.2, 0.25) is 5.02 Å². The molecule has 0 aliphatic rings. The third kappa shape index (κ3) is 7.03. The monoisotopic (exact) mass is 493 g/mol. The Morgan fingerprint density at radius 1 is 1.06 bits per heavy atom. The Hall–Kier alpha value is -2.42. The van der Waals surface area contributed by atoms with Crippen LogP contribution in [0.3, 0.4) is 0 Å². The highest BCUT2D eigenvalue weighted by Gasteiger charge is 2.32. The van der Waals surface area contributed by atoms with E-state index in [-0.39, 0.29) is 23.4 Å². The first kappa shape index (κ1) is 26.8. The fourth-order valence-corrected chi connectivity index (χ4v) is 4.68. The molecule has 2 rings (SSSR count). The summed E-state index contributed by atoms with van der Waals surface area (Å²) >= 11 is 6.31. The van der Waals surface area contributed by atoms with E-state index in [0.717, 1.165) is 9.87 Å². The standard InChI is InChI=1S/C24H32ClN3O4S/c1-6-22(24(30)26-17(2)3)28(15-19-9-7-8-10-21(19)25)23(29)16-27(5)33(31,32)20-13-11-18(4)12-14-20/h7-14,17,22H,6,15-16H2,1-5H3,(H,26,30)/t22-/m1/s1. The van der Waals surface area contributed by atoms with Crippen molar-refractivity contribution in [3.63, 3.8) is 0 Å². The fraction of sp³-hybridized carbons (Fsp3) is 0.417. The first-order valence-electron chi connectivity index (χ1n) is 10.8. The second kappa shape index (κ2) is 11.6. The summed E-state index contributed by atoms with van der Waals surface area (Å²) in [6, 6.07) is 12.6. The van der Waals surface area contributed by atoms with Crippen LogP contribution in [0.15, 0.2) is 53.4 Å². The first-order valence-corrected chi connectivity index (χ1v) is 12.6. The lowest BCUT2D eigenvalue weighted by atomic mass is 10.1. The highest BCUT2D eigenvalue weighted by Crippen LogP contribution is 2.21. The minimum Gasteiger partial charge on any atom is -0.352 e. The van der Waals surface area contributed by atoms with Gasteiger partial charge in [-0.3, -0.25) is 9.59 Å². The number of benzene rings is 2. The number of hydrogen-bond acceptors (Lipinski definition) is 4. The summed E-state index contributed by atoms with van der Waals surface area (Å²) in [5.74, 6) is -0.782. The Kier molecular flexibility index (Phi) is 9.46. The number of halogens is 1. The van der Waals surface area contributed by atoms with E-state index >= 15 is 0 Å². The summed E-state index contributed by atoms with van der Waals surface area (Å²) in [7, 11) is -2.52. The number of sulfonamides is 1. The molecule has 0 saturated heterocycles. The fourth-order valence-electron chi connectivity index (χ4n) is 3.37. The van der Waals surface area contributed by atoms with E-state index in [1.165, 1.54) is 24.1 Å². The summed E-state index contributed by atoms with van der Waals surface area (Å²) < 4.78 is 27.0. The third-order valence-corrected chi connectivity index (χ3v) is 7.39. The van der Waals surface area contributed by atoms with Gasteiger partial charge >= 0.3 is 0 Å². The molecule has 0 radical (unpaired) electrons. The van der Waals surface area contributed by atoms with Crippen molar-refractivity contribution in [3.8, 4) is 0 Å². The molecular formula is C24H32ClN3O4S. The van der Waals surface area contributed by atoms with Crippen molar-refractivity contribution in [2.24, 2.45) is 0 Å². The van der Waals surface area contributed by atoms with Crippen molar-refractivity contribution < 1.29 is 18.0 Å². The van der Waals surface area contributed by atoms with E-state index in [9.17, 15) is 18.0 Å². The maximum atomic E-state index is 13.4. The van der Waals surface area contributed by atoms with E-state index in [1.54, 1.807) is 36.4 Å². The SMILES string of the molecule is CC[C@H](C(=O)NC(C)C)N(Cc1ccccc1Cl)C(=O)CN(C)S(=O)(=O)c1ccc(C)cc1. The molecule has 0 saturated carbocycles.